The first kappa shape index (κ1) is 16.3. The van der Waals surface area contributed by atoms with Crippen molar-refractivity contribution in [1.29, 1.82) is 0 Å². The Balaban J connectivity index is 1.99. The van der Waals surface area contributed by atoms with Gasteiger partial charge in [0.1, 0.15) is 5.82 Å². The minimum absolute atomic E-state index is 0.00374. The zero-order valence-electron chi connectivity index (χ0n) is 13.4. The van der Waals surface area contributed by atoms with Crippen LogP contribution in [0, 0.1) is 0 Å². The highest BCUT2D eigenvalue weighted by Crippen LogP contribution is 2.25. The molecule has 0 N–H and O–H groups in total. The molecule has 0 spiro atoms. The van der Waals surface area contributed by atoms with Gasteiger partial charge >= 0.3 is 0 Å². The Morgan fingerprint density at radius 2 is 2.32 bits per heavy atom. The minimum atomic E-state index is -0.200. The number of hydrogen-bond acceptors (Lipinski definition) is 3. The summed E-state index contributed by atoms with van der Waals surface area (Å²) in [4.78, 5) is 31.9. The fourth-order valence-electron chi connectivity index (χ4n) is 2.92. The van der Waals surface area contributed by atoms with Crippen molar-refractivity contribution in [3.8, 4) is 0 Å². The average molecular weight is 304 g/mol. The van der Waals surface area contributed by atoms with Crippen LogP contribution in [0.5, 0.6) is 0 Å². The normalized spacial score (nSPS) is 18.1. The molecular weight excluding hydrogens is 280 g/mol. The molecule has 0 radical (unpaired) electrons. The van der Waals surface area contributed by atoms with Gasteiger partial charge in [-0.3, -0.25) is 9.59 Å². The molecule has 1 saturated heterocycles. The minimum Gasteiger partial charge on any atom is -0.340 e. The van der Waals surface area contributed by atoms with Gasteiger partial charge < -0.3 is 14.4 Å². The molecule has 2 amide bonds. The monoisotopic (exact) mass is 304 g/mol. The van der Waals surface area contributed by atoms with Gasteiger partial charge in [-0.2, -0.15) is 0 Å². The van der Waals surface area contributed by atoms with Crippen LogP contribution in [-0.2, 0) is 16.6 Å². The van der Waals surface area contributed by atoms with E-state index in [2.05, 4.69) is 11.6 Å². The fraction of sp³-hybridized carbons (Fsp3) is 0.562. The molecule has 22 heavy (non-hydrogen) atoms. The number of likely N-dealkylation sites (tertiary alicyclic amines) is 1. The Morgan fingerprint density at radius 3 is 2.91 bits per heavy atom. The van der Waals surface area contributed by atoms with Crippen LogP contribution in [0.15, 0.2) is 25.0 Å². The number of imidazole rings is 1. The van der Waals surface area contributed by atoms with Crippen LogP contribution in [0.25, 0.3) is 0 Å². The molecule has 6 heteroatoms. The molecule has 1 atom stereocenters. The Morgan fingerprint density at radius 1 is 1.55 bits per heavy atom. The molecule has 0 aromatic carbocycles. The quantitative estimate of drug-likeness (QED) is 0.767. The Bertz CT molecular complexity index is 552. The largest absolute Gasteiger partial charge is 0.340 e. The number of aromatic nitrogens is 2. The maximum atomic E-state index is 12.5. The van der Waals surface area contributed by atoms with Crippen molar-refractivity contribution in [2.45, 2.75) is 25.7 Å². The molecule has 6 nitrogen and oxygen atoms in total. The molecule has 0 saturated carbocycles. The highest BCUT2D eigenvalue weighted by atomic mass is 16.2. The van der Waals surface area contributed by atoms with E-state index >= 15 is 0 Å². The highest BCUT2D eigenvalue weighted by Gasteiger charge is 2.28. The summed E-state index contributed by atoms with van der Waals surface area (Å²) in [7, 11) is 1.98. The van der Waals surface area contributed by atoms with Crippen molar-refractivity contribution in [2.75, 3.05) is 26.2 Å². The lowest BCUT2D eigenvalue weighted by molar-refractivity contribution is -0.138. The standard InChI is InChI=1S/C16H24N4O2/c1-4-14(21)19(5-2)12-15(22)20-9-6-7-13(11-20)16-17-8-10-18(16)3/h4,8,10,13H,1,5-7,9,11-12H2,2-3H3. The predicted molar refractivity (Wildman–Crippen MR) is 84.2 cm³/mol. The summed E-state index contributed by atoms with van der Waals surface area (Å²) < 4.78 is 2.01. The third-order valence-electron chi connectivity index (χ3n) is 4.19. The number of amides is 2. The smallest absolute Gasteiger partial charge is 0.246 e. The van der Waals surface area contributed by atoms with Crippen LogP contribution in [0.1, 0.15) is 31.5 Å². The second kappa shape index (κ2) is 7.24. The molecule has 0 aliphatic carbocycles. The third-order valence-corrected chi connectivity index (χ3v) is 4.19. The highest BCUT2D eigenvalue weighted by molar-refractivity contribution is 5.90. The van der Waals surface area contributed by atoms with E-state index in [0.717, 1.165) is 25.2 Å². The number of piperidine rings is 1. The van der Waals surface area contributed by atoms with Crippen LogP contribution in [0.2, 0.25) is 0 Å². The van der Waals surface area contributed by atoms with Crippen LogP contribution in [-0.4, -0.2) is 57.3 Å². The summed E-state index contributed by atoms with van der Waals surface area (Å²) >= 11 is 0. The molecule has 1 fully saturated rings. The number of nitrogens with zero attached hydrogens (tertiary/aromatic N) is 4. The number of carbonyl (C=O) groups is 2. The second-order valence-electron chi connectivity index (χ2n) is 5.63. The van der Waals surface area contributed by atoms with Crippen molar-refractivity contribution in [3.05, 3.63) is 30.9 Å². The summed E-state index contributed by atoms with van der Waals surface area (Å²) in [6.45, 7) is 7.39. The predicted octanol–water partition coefficient (Wildman–Crippen LogP) is 1.16. The SMILES string of the molecule is C=CC(=O)N(CC)CC(=O)N1CCCC(c2nccn2C)C1. The van der Waals surface area contributed by atoms with Gasteiger partial charge in [0, 0.05) is 45.0 Å². The number of hydrogen-bond donors (Lipinski definition) is 0. The van der Waals surface area contributed by atoms with E-state index in [0.29, 0.717) is 13.1 Å². The van der Waals surface area contributed by atoms with Gasteiger partial charge in [0.15, 0.2) is 0 Å². The van der Waals surface area contributed by atoms with E-state index in [4.69, 9.17) is 0 Å². The number of likely N-dealkylation sites (N-methyl/N-ethyl adjacent to an activating group) is 1. The Kier molecular flexibility index (Phi) is 5.35. The fourth-order valence-corrected chi connectivity index (χ4v) is 2.92. The van der Waals surface area contributed by atoms with Crippen molar-refractivity contribution in [2.24, 2.45) is 7.05 Å². The molecule has 1 aliphatic rings. The third kappa shape index (κ3) is 3.55. The second-order valence-corrected chi connectivity index (χ2v) is 5.63. The van der Waals surface area contributed by atoms with Gasteiger partial charge in [-0.05, 0) is 25.8 Å². The summed E-state index contributed by atoms with van der Waals surface area (Å²) in [5, 5.41) is 0. The Labute approximate surface area is 131 Å². The lowest BCUT2D eigenvalue weighted by Gasteiger charge is -2.33. The summed E-state index contributed by atoms with van der Waals surface area (Å²) in [6, 6.07) is 0. The van der Waals surface area contributed by atoms with Gasteiger partial charge in [0.05, 0.1) is 6.54 Å². The topological polar surface area (TPSA) is 58.4 Å². The molecule has 2 rings (SSSR count). The lowest BCUT2D eigenvalue weighted by atomic mass is 9.97. The average Bonchev–Trinajstić information content (AvgIpc) is 2.97. The first-order chi connectivity index (χ1) is 10.6. The van der Waals surface area contributed by atoms with Gasteiger partial charge in [0.25, 0.3) is 0 Å². The molecule has 0 bridgehead atoms. The lowest BCUT2D eigenvalue weighted by Crippen LogP contribution is -2.46. The van der Waals surface area contributed by atoms with E-state index in [1.807, 2.05) is 29.6 Å². The summed E-state index contributed by atoms with van der Waals surface area (Å²) in [5.41, 5.74) is 0. The van der Waals surface area contributed by atoms with Crippen molar-refractivity contribution in [3.63, 3.8) is 0 Å². The van der Waals surface area contributed by atoms with E-state index in [9.17, 15) is 9.59 Å². The molecule has 1 aromatic rings. The molecule has 120 valence electrons. The van der Waals surface area contributed by atoms with Crippen LogP contribution in [0.3, 0.4) is 0 Å². The Hall–Kier alpha value is -2.11. The summed E-state index contributed by atoms with van der Waals surface area (Å²) in [5.74, 6) is 1.08. The molecular formula is C16H24N4O2. The van der Waals surface area contributed by atoms with Gasteiger partial charge in [-0.1, -0.05) is 6.58 Å². The number of carbonyl (C=O) groups excluding carboxylic acids is 2. The van der Waals surface area contributed by atoms with Crippen LogP contribution in [0.4, 0.5) is 0 Å². The van der Waals surface area contributed by atoms with Gasteiger partial charge in [-0.25, -0.2) is 4.98 Å². The first-order valence-electron chi connectivity index (χ1n) is 7.73. The zero-order valence-corrected chi connectivity index (χ0v) is 13.4. The maximum Gasteiger partial charge on any atom is 0.246 e. The molecule has 1 aromatic heterocycles. The van der Waals surface area contributed by atoms with Crippen molar-refractivity contribution >= 4 is 11.8 Å². The van der Waals surface area contributed by atoms with Gasteiger partial charge in [-0.15, -0.1) is 0 Å². The summed E-state index contributed by atoms with van der Waals surface area (Å²) in [6.07, 6.45) is 6.97. The first-order valence-corrected chi connectivity index (χ1v) is 7.73. The van der Waals surface area contributed by atoms with Gasteiger partial charge in [0.2, 0.25) is 11.8 Å². The van der Waals surface area contributed by atoms with Crippen LogP contribution < -0.4 is 0 Å². The number of rotatable bonds is 5. The zero-order chi connectivity index (χ0) is 16.1. The van der Waals surface area contributed by atoms with E-state index in [1.54, 1.807) is 6.20 Å². The van der Waals surface area contributed by atoms with E-state index < -0.39 is 0 Å². The van der Waals surface area contributed by atoms with Crippen LogP contribution >= 0.6 is 0 Å². The molecule has 1 unspecified atom stereocenters. The molecule has 2 heterocycles. The van der Waals surface area contributed by atoms with E-state index in [1.165, 1.54) is 11.0 Å². The van der Waals surface area contributed by atoms with Crippen molar-refractivity contribution < 1.29 is 9.59 Å². The van der Waals surface area contributed by atoms with Crippen molar-refractivity contribution in [1.82, 2.24) is 19.4 Å². The maximum absolute atomic E-state index is 12.5. The number of aryl methyl sites for hydroxylation is 1. The molecule has 1 aliphatic heterocycles. The van der Waals surface area contributed by atoms with E-state index in [-0.39, 0.29) is 24.3 Å².